The highest BCUT2D eigenvalue weighted by Gasteiger charge is 2.34. The molecule has 0 spiro atoms. The van der Waals surface area contributed by atoms with Gasteiger partial charge in [-0.3, -0.25) is 9.59 Å². The van der Waals surface area contributed by atoms with Gasteiger partial charge in [0.2, 0.25) is 11.8 Å². The first-order valence-electron chi connectivity index (χ1n) is 7.24. The van der Waals surface area contributed by atoms with Crippen molar-refractivity contribution in [2.45, 2.75) is 36.9 Å². The Morgan fingerprint density at radius 3 is 2.71 bits per heavy atom. The number of hydrogen-bond acceptors (Lipinski definition) is 2. The molecule has 24 heavy (non-hydrogen) atoms. The van der Waals surface area contributed by atoms with Crippen molar-refractivity contribution in [2.24, 2.45) is 0 Å². The maximum absolute atomic E-state index is 12.8. The van der Waals surface area contributed by atoms with Crippen LogP contribution in [0.15, 0.2) is 18.2 Å². The second-order valence-electron chi connectivity index (χ2n) is 5.48. The maximum Gasteiger partial charge on any atom is 0.417 e. The zero-order valence-electron chi connectivity index (χ0n) is 12.4. The molecule has 9 heteroatoms. The highest BCUT2D eigenvalue weighted by molar-refractivity contribution is 6.32. The summed E-state index contributed by atoms with van der Waals surface area (Å²) in [5.74, 6) is -0.546. The van der Waals surface area contributed by atoms with Gasteiger partial charge in [0.05, 0.1) is 16.0 Å². The van der Waals surface area contributed by atoms with E-state index < -0.39 is 23.2 Å². The van der Waals surface area contributed by atoms with E-state index in [1.807, 2.05) is 0 Å². The molecule has 132 valence electrons. The fraction of sp³-hybridized carbons (Fsp3) is 0.467. The van der Waals surface area contributed by atoms with Crippen LogP contribution in [0.5, 0.6) is 0 Å². The normalized spacial score (nSPS) is 19.0. The average Bonchev–Trinajstić information content (AvgIpc) is 2.92. The van der Waals surface area contributed by atoms with E-state index in [0.29, 0.717) is 12.8 Å². The van der Waals surface area contributed by atoms with Crippen LogP contribution >= 0.6 is 23.2 Å². The molecule has 4 nitrogen and oxygen atoms in total. The van der Waals surface area contributed by atoms with E-state index in [4.69, 9.17) is 23.2 Å². The summed E-state index contributed by atoms with van der Waals surface area (Å²) in [4.78, 5) is 22.9. The Labute approximate surface area is 146 Å². The molecule has 2 amide bonds. The third-order valence-corrected chi connectivity index (χ3v) is 4.39. The zero-order chi connectivity index (χ0) is 17.9. The largest absolute Gasteiger partial charge is 0.417 e. The monoisotopic (exact) mass is 382 g/mol. The van der Waals surface area contributed by atoms with E-state index in [1.54, 1.807) is 0 Å². The number of nitrogens with one attached hydrogen (secondary N) is 2. The predicted octanol–water partition coefficient (Wildman–Crippen LogP) is 2.90. The summed E-state index contributed by atoms with van der Waals surface area (Å²) in [5.41, 5.74) is -0.654. The summed E-state index contributed by atoms with van der Waals surface area (Å²) in [6.45, 7) is 0.0549. The van der Waals surface area contributed by atoms with Crippen molar-refractivity contribution in [1.29, 1.82) is 0 Å². The molecule has 0 radical (unpaired) electrons. The third kappa shape index (κ3) is 4.77. The van der Waals surface area contributed by atoms with Crippen LogP contribution < -0.4 is 10.6 Å². The lowest BCUT2D eigenvalue weighted by atomic mass is 10.1. The Hall–Kier alpha value is -1.47. The molecule has 1 saturated heterocycles. The number of benzene rings is 1. The third-order valence-electron chi connectivity index (χ3n) is 3.64. The molecule has 0 unspecified atom stereocenters. The van der Waals surface area contributed by atoms with Gasteiger partial charge in [0.1, 0.15) is 6.04 Å². The van der Waals surface area contributed by atoms with Gasteiger partial charge < -0.3 is 10.6 Å². The van der Waals surface area contributed by atoms with E-state index in [-0.39, 0.29) is 35.4 Å². The molecule has 0 bridgehead atoms. The molecule has 1 aromatic carbocycles. The standard InChI is InChI=1S/C15H15Cl2F3N2O2/c16-9(7-21-14(24)11-4-5-12(23)22-11)6-8-2-1-3-10(13(8)17)15(18,19)20/h1-3,9,11H,4-7H2,(H,21,24)(H,22,23)/t9-,11+/m1/s1. The van der Waals surface area contributed by atoms with Crippen LogP contribution in [0.2, 0.25) is 5.02 Å². The van der Waals surface area contributed by atoms with Crippen LogP contribution in [0.25, 0.3) is 0 Å². The van der Waals surface area contributed by atoms with Crippen LogP contribution in [0, 0.1) is 0 Å². The molecule has 0 aromatic heterocycles. The van der Waals surface area contributed by atoms with Gasteiger partial charge in [-0.15, -0.1) is 11.6 Å². The summed E-state index contributed by atoms with van der Waals surface area (Å²) in [6.07, 6.45) is -3.76. The zero-order valence-corrected chi connectivity index (χ0v) is 13.9. The number of alkyl halides is 4. The van der Waals surface area contributed by atoms with Crippen LogP contribution in [-0.4, -0.2) is 29.8 Å². The van der Waals surface area contributed by atoms with E-state index >= 15 is 0 Å². The number of carbonyl (C=O) groups is 2. The van der Waals surface area contributed by atoms with Gasteiger partial charge in [-0.25, -0.2) is 0 Å². The van der Waals surface area contributed by atoms with Gasteiger partial charge in [0.15, 0.2) is 0 Å². The molecule has 1 aliphatic rings. The minimum absolute atomic E-state index is 0.0549. The molecular weight excluding hydrogens is 368 g/mol. The molecule has 0 saturated carbocycles. The Bertz CT molecular complexity index is 638. The van der Waals surface area contributed by atoms with Gasteiger partial charge in [0.25, 0.3) is 0 Å². The number of rotatable bonds is 5. The van der Waals surface area contributed by atoms with Crippen molar-refractivity contribution in [2.75, 3.05) is 6.54 Å². The fourth-order valence-electron chi connectivity index (χ4n) is 2.41. The predicted molar refractivity (Wildman–Crippen MR) is 84.0 cm³/mol. The average molecular weight is 383 g/mol. The quantitative estimate of drug-likeness (QED) is 0.769. The summed E-state index contributed by atoms with van der Waals surface area (Å²) in [7, 11) is 0. The Morgan fingerprint density at radius 1 is 1.42 bits per heavy atom. The minimum atomic E-state index is -4.54. The van der Waals surface area contributed by atoms with Crippen LogP contribution in [0.1, 0.15) is 24.0 Å². The molecule has 1 fully saturated rings. The first kappa shape index (κ1) is 18.9. The minimum Gasteiger partial charge on any atom is -0.353 e. The first-order valence-corrected chi connectivity index (χ1v) is 8.05. The van der Waals surface area contributed by atoms with Crippen molar-refractivity contribution >= 4 is 35.0 Å². The van der Waals surface area contributed by atoms with E-state index in [0.717, 1.165) is 6.07 Å². The number of hydrogen-bond donors (Lipinski definition) is 2. The van der Waals surface area contributed by atoms with Gasteiger partial charge in [0, 0.05) is 13.0 Å². The molecule has 2 atom stereocenters. The number of carbonyl (C=O) groups excluding carboxylic acids is 2. The second-order valence-corrected chi connectivity index (χ2v) is 6.48. The molecule has 1 heterocycles. The topological polar surface area (TPSA) is 58.2 Å². The molecule has 0 aliphatic carbocycles. The highest BCUT2D eigenvalue weighted by Crippen LogP contribution is 2.36. The van der Waals surface area contributed by atoms with Gasteiger partial charge in [-0.05, 0) is 24.5 Å². The van der Waals surface area contributed by atoms with Gasteiger partial charge in [-0.1, -0.05) is 23.7 Å². The van der Waals surface area contributed by atoms with Crippen LogP contribution in [-0.2, 0) is 22.2 Å². The van der Waals surface area contributed by atoms with Crippen molar-refractivity contribution in [3.63, 3.8) is 0 Å². The lowest BCUT2D eigenvalue weighted by Gasteiger charge is -2.16. The van der Waals surface area contributed by atoms with Gasteiger partial charge >= 0.3 is 6.18 Å². The van der Waals surface area contributed by atoms with E-state index in [2.05, 4.69) is 10.6 Å². The lowest BCUT2D eigenvalue weighted by Crippen LogP contribution is -2.43. The smallest absolute Gasteiger partial charge is 0.353 e. The molecule has 1 aliphatic heterocycles. The van der Waals surface area contributed by atoms with Crippen molar-refractivity contribution in [1.82, 2.24) is 10.6 Å². The van der Waals surface area contributed by atoms with Crippen molar-refractivity contribution in [3.8, 4) is 0 Å². The maximum atomic E-state index is 12.8. The SMILES string of the molecule is O=C1CC[C@@H](C(=O)NC[C@H](Cl)Cc2cccc(C(F)(F)F)c2Cl)N1. The van der Waals surface area contributed by atoms with Crippen molar-refractivity contribution < 1.29 is 22.8 Å². The second kappa shape index (κ2) is 7.61. The summed E-state index contributed by atoms with van der Waals surface area (Å²) in [6, 6.07) is 3.05. The Morgan fingerprint density at radius 2 is 2.12 bits per heavy atom. The summed E-state index contributed by atoms with van der Waals surface area (Å²) < 4.78 is 38.4. The number of amides is 2. The van der Waals surface area contributed by atoms with Gasteiger partial charge in [-0.2, -0.15) is 13.2 Å². The summed E-state index contributed by atoms with van der Waals surface area (Å²) in [5, 5.41) is 4.08. The Kier molecular flexibility index (Phi) is 5.98. The summed E-state index contributed by atoms with van der Waals surface area (Å²) >= 11 is 11.9. The van der Waals surface area contributed by atoms with E-state index in [9.17, 15) is 22.8 Å². The number of halogens is 5. The van der Waals surface area contributed by atoms with Crippen molar-refractivity contribution in [3.05, 3.63) is 34.3 Å². The van der Waals surface area contributed by atoms with Crippen LogP contribution in [0.4, 0.5) is 13.2 Å². The van der Waals surface area contributed by atoms with Crippen LogP contribution in [0.3, 0.4) is 0 Å². The first-order chi connectivity index (χ1) is 11.2. The highest BCUT2D eigenvalue weighted by atomic mass is 35.5. The molecule has 1 aromatic rings. The fourth-order valence-corrected chi connectivity index (χ4v) is 2.97. The molecule has 2 rings (SSSR count). The Balaban J connectivity index is 1.92. The molecular formula is C15H15Cl2F3N2O2. The molecule has 2 N–H and O–H groups in total. The van der Waals surface area contributed by atoms with E-state index in [1.165, 1.54) is 12.1 Å². The lowest BCUT2D eigenvalue weighted by molar-refractivity contribution is -0.137.